The van der Waals surface area contributed by atoms with Crippen LogP contribution in [0.25, 0.3) is 10.9 Å². The molecule has 1 N–H and O–H groups in total. The van der Waals surface area contributed by atoms with Crippen LogP contribution in [0.4, 0.5) is 5.69 Å². The molecule has 0 spiro atoms. The van der Waals surface area contributed by atoms with Gasteiger partial charge in [0.05, 0.1) is 22.2 Å². The summed E-state index contributed by atoms with van der Waals surface area (Å²) in [6.07, 6.45) is 0.357. The molecule has 0 radical (unpaired) electrons. The molecule has 7 heteroatoms. The van der Waals surface area contributed by atoms with Gasteiger partial charge in [0.15, 0.2) is 0 Å². The van der Waals surface area contributed by atoms with Gasteiger partial charge in [0.25, 0.3) is 0 Å². The van der Waals surface area contributed by atoms with Crippen molar-refractivity contribution in [3.63, 3.8) is 0 Å². The van der Waals surface area contributed by atoms with Crippen molar-refractivity contribution in [2.75, 3.05) is 18.2 Å². The van der Waals surface area contributed by atoms with E-state index >= 15 is 0 Å². The van der Waals surface area contributed by atoms with Gasteiger partial charge in [-0.1, -0.05) is 35.3 Å². The Balaban J connectivity index is 1.63. The number of halogens is 2. The van der Waals surface area contributed by atoms with Gasteiger partial charge in [-0.25, -0.2) is 4.98 Å². The van der Waals surface area contributed by atoms with Gasteiger partial charge in [-0.2, -0.15) is 0 Å². The van der Waals surface area contributed by atoms with Crippen molar-refractivity contribution in [3.8, 4) is 5.75 Å². The molecule has 3 rings (SSSR count). The molecule has 0 aliphatic rings. The number of carbonyl (C=O) groups is 1. The lowest BCUT2D eigenvalue weighted by atomic mass is 10.1. The number of carbonyl (C=O) groups excluding carboxylic acids is 1. The van der Waals surface area contributed by atoms with Crippen LogP contribution >= 0.6 is 35.0 Å². The van der Waals surface area contributed by atoms with Gasteiger partial charge in [-0.3, -0.25) is 4.79 Å². The number of pyridine rings is 1. The average Bonchev–Trinajstić information content (AvgIpc) is 2.64. The maximum Gasteiger partial charge on any atom is 0.225 e. The maximum atomic E-state index is 12.1. The molecule has 0 unspecified atom stereocenters. The molecule has 2 aromatic carbocycles. The van der Waals surface area contributed by atoms with E-state index in [1.165, 1.54) is 11.8 Å². The highest BCUT2D eigenvalue weighted by Crippen LogP contribution is 2.30. The Morgan fingerprint density at radius 3 is 2.74 bits per heavy atom. The number of anilines is 1. The molecule has 1 amide bonds. The quantitative estimate of drug-likeness (QED) is 0.498. The smallest absolute Gasteiger partial charge is 0.225 e. The predicted molar refractivity (Wildman–Crippen MR) is 113 cm³/mol. The summed E-state index contributed by atoms with van der Waals surface area (Å²) in [5.74, 6) is 1.27. The standard InChI is InChI=1S/C20H18Cl2N2O2S/c1-12-10-19(24-20-14(12)4-3-5-17(20)26-2)27-9-8-18(25)23-13-6-7-15(21)16(22)11-13/h3-7,10-11H,8-9H2,1-2H3,(H,23,25). The summed E-state index contributed by atoms with van der Waals surface area (Å²) < 4.78 is 5.41. The monoisotopic (exact) mass is 420 g/mol. The zero-order valence-corrected chi connectivity index (χ0v) is 17.2. The number of ether oxygens (including phenoxy) is 1. The highest BCUT2D eigenvalue weighted by Gasteiger charge is 2.09. The fourth-order valence-electron chi connectivity index (χ4n) is 2.65. The Labute approximate surface area is 172 Å². The lowest BCUT2D eigenvalue weighted by Gasteiger charge is -2.10. The predicted octanol–water partition coefficient (Wildman–Crippen LogP) is 5.98. The zero-order chi connectivity index (χ0) is 19.4. The van der Waals surface area contributed by atoms with Crippen LogP contribution in [-0.4, -0.2) is 23.8 Å². The maximum absolute atomic E-state index is 12.1. The van der Waals surface area contributed by atoms with E-state index in [1.807, 2.05) is 31.2 Å². The van der Waals surface area contributed by atoms with E-state index < -0.39 is 0 Å². The molecular formula is C20H18Cl2N2O2S. The van der Waals surface area contributed by atoms with Crippen LogP contribution in [0, 0.1) is 6.92 Å². The summed E-state index contributed by atoms with van der Waals surface area (Å²) in [6.45, 7) is 2.05. The van der Waals surface area contributed by atoms with Crippen LogP contribution in [0.1, 0.15) is 12.0 Å². The van der Waals surface area contributed by atoms with E-state index in [0.29, 0.717) is 27.9 Å². The van der Waals surface area contributed by atoms with Crippen LogP contribution in [0.2, 0.25) is 10.0 Å². The summed E-state index contributed by atoms with van der Waals surface area (Å²) in [5, 5.41) is 5.62. The van der Waals surface area contributed by atoms with Crippen molar-refractivity contribution in [2.45, 2.75) is 18.4 Å². The first kappa shape index (κ1) is 19.8. The lowest BCUT2D eigenvalue weighted by Crippen LogP contribution is -2.12. The van der Waals surface area contributed by atoms with Crippen molar-refractivity contribution in [3.05, 3.63) is 58.1 Å². The number of hydrogen-bond donors (Lipinski definition) is 1. The first-order valence-corrected chi connectivity index (χ1v) is 10.0. The Morgan fingerprint density at radius 1 is 1.19 bits per heavy atom. The number of thioether (sulfide) groups is 1. The summed E-state index contributed by atoms with van der Waals surface area (Å²) in [7, 11) is 1.64. The number of para-hydroxylation sites is 1. The molecule has 0 aliphatic heterocycles. The topological polar surface area (TPSA) is 51.2 Å². The number of nitrogens with one attached hydrogen (secondary N) is 1. The van der Waals surface area contributed by atoms with Gasteiger partial charge in [0.2, 0.25) is 5.91 Å². The highest BCUT2D eigenvalue weighted by molar-refractivity contribution is 7.99. The number of rotatable bonds is 6. The van der Waals surface area contributed by atoms with Gasteiger partial charge < -0.3 is 10.1 Å². The summed E-state index contributed by atoms with van der Waals surface area (Å²) in [6, 6.07) is 12.9. The highest BCUT2D eigenvalue weighted by atomic mass is 35.5. The van der Waals surface area contributed by atoms with Crippen LogP contribution in [-0.2, 0) is 4.79 Å². The number of methoxy groups -OCH3 is 1. The summed E-state index contributed by atoms with van der Waals surface area (Å²) in [5.41, 5.74) is 2.59. The van der Waals surface area contributed by atoms with Crippen molar-refractivity contribution in [1.29, 1.82) is 0 Å². The van der Waals surface area contributed by atoms with Crippen molar-refractivity contribution >= 4 is 57.5 Å². The Morgan fingerprint density at radius 2 is 2.00 bits per heavy atom. The van der Waals surface area contributed by atoms with Crippen LogP contribution in [0.15, 0.2) is 47.5 Å². The third-order valence-corrected chi connectivity index (χ3v) is 5.64. The SMILES string of the molecule is COc1cccc2c(C)cc(SCCC(=O)Nc3ccc(Cl)c(Cl)c3)nc12. The molecule has 1 heterocycles. The Bertz CT molecular complexity index is 995. The molecule has 0 atom stereocenters. The fraction of sp³-hybridized carbons (Fsp3) is 0.200. The number of benzene rings is 2. The van der Waals surface area contributed by atoms with Gasteiger partial charge in [-0.05, 0) is 42.8 Å². The second kappa shape index (κ2) is 8.83. The molecule has 4 nitrogen and oxygen atoms in total. The molecule has 1 aromatic heterocycles. The van der Waals surface area contributed by atoms with Gasteiger partial charge in [0, 0.05) is 23.2 Å². The van der Waals surface area contributed by atoms with Crippen molar-refractivity contribution in [2.24, 2.45) is 0 Å². The Hall–Kier alpha value is -1.95. The molecule has 3 aromatic rings. The molecule has 140 valence electrons. The van der Waals surface area contributed by atoms with E-state index in [4.69, 9.17) is 27.9 Å². The molecule has 0 saturated heterocycles. The minimum absolute atomic E-state index is 0.0871. The first-order chi connectivity index (χ1) is 13.0. The first-order valence-electron chi connectivity index (χ1n) is 8.30. The molecule has 27 heavy (non-hydrogen) atoms. The molecule has 0 fully saturated rings. The zero-order valence-electron chi connectivity index (χ0n) is 14.9. The number of hydrogen-bond acceptors (Lipinski definition) is 4. The van der Waals surface area contributed by atoms with Gasteiger partial charge in [0.1, 0.15) is 11.3 Å². The van der Waals surface area contributed by atoms with Crippen molar-refractivity contribution in [1.82, 2.24) is 4.98 Å². The van der Waals surface area contributed by atoms with E-state index in [-0.39, 0.29) is 5.91 Å². The van der Waals surface area contributed by atoms with Crippen LogP contribution in [0.5, 0.6) is 5.75 Å². The summed E-state index contributed by atoms with van der Waals surface area (Å²) >= 11 is 13.4. The number of aromatic nitrogens is 1. The normalized spacial score (nSPS) is 10.8. The van der Waals surface area contributed by atoms with Crippen molar-refractivity contribution < 1.29 is 9.53 Å². The fourth-order valence-corrected chi connectivity index (χ4v) is 3.86. The molecular weight excluding hydrogens is 403 g/mol. The molecule has 0 bridgehead atoms. The second-order valence-electron chi connectivity index (χ2n) is 5.91. The lowest BCUT2D eigenvalue weighted by molar-refractivity contribution is -0.115. The third-order valence-electron chi connectivity index (χ3n) is 3.99. The van der Waals surface area contributed by atoms with E-state index in [1.54, 1.807) is 25.3 Å². The van der Waals surface area contributed by atoms with E-state index in [0.717, 1.165) is 27.2 Å². The number of amides is 1. The van der Waals surface area contributed by atoms with Gasteiger partial charge in [-0.15, -0.1) is 11.8 Å². The van der Waals surface area contributed by atoms with Gasteiger partial charge >= 0.3 is 0 Å². The minimum atomic E-state index is -0.0871. The largest absolute Gasteiger partial charge is 0.494 e. The van der Waals surface area contributed by atoms with E-state index in [2.05, 4.69) is 10.3 Å². The second-order valence-corrected chi connectivity index (χ2v) is 7.84. The molecule has 0 aliphatic carbocycles. The summed E-state index contributed by atoms with van der Waals surface area (Å²) in [4.78, 5) is 16.8. The number of nitrogens with zero attached hydrogens (tertiary/aromatic N) is 1. The van der Waals surface area contributed by atoms with E-state index in [9.17, 15) is 4.79 Å². The molecule has 0 saturated carbocycles. The Kier molecular flexibility index (Phi) is 6.47. The number of fused-ring (bicyclic) bond motifs is 1. The van der Waals surface area contributed by atoms with Crippen LogP contribution < -0.4 is 10.1 Å². The number of aryl methyl sites for hydroxylation is 1. The third kappa shape index (κ3) is 4.86. The average molecular weight is 421 g/mol. The van der Waals surface area contributed by atoms with Crippen LogP contribution in [0.3, 0.4) is 0 Å². The minimum Gasteiger partial charge on any atom is -0.494 e.